The van der Waals surface area contributed by atoms with Crippen LogP contribution in [0.1, 0.15) is 24.5 Å². The predicted octanol–water partition coefficient (Wildman–Crippen LogP) is 3.02. The molecule has 0 aliphatic heterocycles. The third-order valence-corrected chi connectivity index (χ3v) is 3.44. The summed E-state index contributed by atoms with van der Waals surface area (Å²) in [7, 11) is 0. The number of halogens is 3. The van der Waals surface area contributed by atoms with E-state index in [0.717, 1.165) is 24.1 Å². The number of alkyl halides is 3. The van der Waals surface area contributed by atoms with Gasteiger partial charge < -0.3 is 5.32 Å². The van der Waals surface area contributed by atoms with Crippen LogP contribution >= 0.6 is 0 Å². The van der Waals surface area contributed by atoms with Gasteiger partial charge in [0.05, 0.1) is 5.56 Å². The molecule has 1 fully saturated rings. The van der Waals surface area contributed by atoms with E-state index in [1.165, 1.54) is 12.1 Å². The highest BCUT2D eigenvalue weighted by atomic mass is 19.4. The van der Waals surface area contributed by atoms with Crippen LogP contribution in [-0.4, -0.2) is 12.5 Å². The standard InChI is InChI=1S/C14H16F3NO/c1-9-8-12(9)13(19)18-7-6-10-2-4-11(5-3-10)14(15,16)17/h2-5,9,12H,6-8H2,1H3,(H,18,19)/t9-,12+/m1/s1. The minimum atomic E-state index is -4.30. The zero-order chi connectivity index (χ0) is 14.0. The smallest absolute Gasteiger partial charge is 0.356 e. The SMILES string of the molecule is C[C@@H]1C[C@@H]1C(=O)NCCc1ccc(C(F)(F)F)cc1. The largest absolute Gasteiger partial charge is 0.416 e. The van der Waals surface area contributed by atoms with Crippen LogP contribution in [0.5, 0.6) is 0 Å². The molecule has 5 heteroatoms. The predicted molar refractivity (Wildman–Crippen MR) is 65.4 cm³/mol. The van der Waals surface area contributed by atoms with E-state index < -0.39 is 11.7 Å². The number of amides is 1. The first-order valence-electron chi connectivity index (χ1n) is 6.32. The summed E-state index contributed by atoms with van der Waals surface area (Å²) in [6.07, 6.45) is -2.81. The van der Waals surface area contributed by atoms with Crippen LogP contribution in [0.4, 0.5) is 13.2 Å². The van der Waals surface area contributed by atoms with Gasteiger partial charge in [0.15, 0.2) is 0 Å². The van der Waals surface area contributed by atoms with Crippen LogP contribution in [0.3, 0.4) is 0 Å². The highest BCUT2D eigenvalue weighted by Gasteiger charge is 2.38. The zero-order valence-electron chi connectivity index (χ0n) is 10.6. The van der Waals surface area contributed by atoms with Gasteiger partial charge in [0.1, 0.15) is 0 Å². The van der Waals surface area contributed by atoms with Crippen molar-refractivity contribution in [3.8, 4) is 0 Å². The molecular weight excluding hydrogens is 255 g/mol. The lowest BCUT2D eigenvalue weighted by Gasteiger charge is -2.08. The van der Waals surface area contributed by atoms with E-state index in [0.29, 0.717) is 18.9 Å². The molecule has 0 heterocycles. The van der Waals surface area contributed by atoms with Gasteiger partial charge in [-0.3, -0.25) is 4.79 Å². The Bertz CT molecular complexity index is 453. The summed E-state index contributed by atoms with van der Waals surface area (Å²) in [4.78, 5) is 11.5. The number of hydrogen-bond acceptors (Lipinski definition) is 1. The van der Waals surface area contributed by atoms with Crippen molar-refractivity contribution in [1.29, 1.82) is 0 Å². The third kappa shape index (κ3) is 3.72. The van der Waals surface area contributed by atoms with Crippen molar-refractivity contribution in [3.63, 3.8) is 0 Å². The Morgan fingerprint density at radius 3 is 2.37 bits per heavy atom. The van der Waals surface area contributed by atoms with Crippen molar-refractivity contribution in [2.45, 2.75) is 25.9 Å². The molecule has 1 aromatic rings. The number of nitrogens with one attached hydrogen (secondary N) is 1. The molecule has 1 amide bonds. The lowest BCUT2D eigenvalue weighted by Crippen LogP contribution is -2.27. The van der Waals surface area contributed by atoms with Gasteiger partial charge in [-0.15, -0.1) is 0 Å². The molecule has 1 aliphatic rings. The first-order valence-corrected chi connectivity index (χ1v) is 6.32. The van der Waals surface area contributed by atoms with E-state index in [1.54, 1.807) is 0 Å². The van der Waals surface area contributed by atoms with Gasteiger partial charge in [0.2, 0.25) is 5.91 Å². The molecule has 0 aromatic heterocycles. The minimum Gasteiger partial charge on any atom is -0.356 e. The molecule has 2 nitrogen and oxygen atoms in total. The second-order valence-electron chi connectivity index (χ2n) is 5.06. The molecule has 0 saturated heterocycles. The quantitative estimate of drug-likeness (QED) is 0.896. The first kappa shape index (κ1) is 13.9. The average molecular weight is 271 g/mol. The Balaban J connectivity index is 1.79. The van der Waals surface area contributed by atoms with E-state index >= 15 is 0 Å². The van der Waals surface area contributed by atoms with E-state index in [-0.39, 0.29) is 11.8 Å². The molecule has 1 N–H and O–H groups in total. The van der Waals surface area contributed by atoms with Crippen LogP contribution in [0.15, 0.2) is 24.3 Å². The van der Waals surface area contributed by atoms with Gasteiger partial charge >= 0.3 is 6.18 Å². The van der Waals surface area contributed by atoms with Gasteiger partial charge in [0, 0.05) is 12.5 Å². The molecule has 1 aliphatic carbocycles. The first-order chi connectivity index (χ1) is 8.88. The van der Waals surface area contributed by atoms with Crippen molar-refractivity contribution in [1.82, 2.24) is 5.32 Å². The molecule has 19 heavy (non-hydrogen) atoms. The normalized spacial score (nSPS) is 22.1. The maximum absolute atomic E-state index is 12.4. The van der Waals surface area contributed by atoms with Gasteiger partial charge in [-0.05, 0) is 36.5 Å². The Morgan fingerprint density at radius 1 is 1.32 bits per heavy atom. The summed E-state index contributed by atoms with van der Waals surface area (Å²) in [5.74, 6) is 0.651. The van der Waals surface area contributed by atoms with Crippen molar-refractivity contribution < 1.29 is 18.0 Å². The molecule has 2 atom stereocenters. The van der Waals surface area contributed by atoms with Crippen LogP contribution in [0, 0.1) is 11.8 Å². The number of carbonyl (C=O) groups is 1. The van der Waals surface area contributed by atoms with E-state index in [1.807, 2.05) is 6.92 Å². The molecule has 0 spiro atoms. The third-order valence-electron chi connectivity index (χ3n) is 3.44. The fourth-order valence-electron chi connectivity index (χ4n) is 2.01. The Kier molecular flexibility index (Phi) is 3.83. The summed E-state index contributed by atoms with van der Waals surface area (Å²) in [5, 5.41) is 2.81. The van der Waals surface area contributed by atoms with E-state index in [4.69, 9.17) is 0 Å². The van der Waals surface area contributed by atoms with Crippen LogP contribution < -0.4 is 5.32 Å². The lowest BCUT2D eigenvalue weighted by atomic mass is 10.1. The van der Waals surface area contributed by atoms with Gasteiger partial charge in [-0.2, -0.15) is 13.2 Å². The van der Waals surface area contributed by atoms with Gasteiger partial charge in [-0.25, -0.2) is 0 Å². The molecule has 0 radical (unpaired) electrons. The Labute approximate surface area is 110 Å². The van der Waals surface area contributed by atoms with E-state index in [2.05, 4.69) is 5.32 Å². The van der Waals surface area contributed by atoms with E-state index in [9.17, 15) is 18.0 Å². The van der Waals surface area contributed by atoms with Crippen molar-refractivity contribution in [2.75, 3.05) is 6.54 Å². The number of benzene rings is 1. The summed E-state index contributed by atoms with van der Waals surface area (Å²) in [6, 6.07) is 5.05. The molecular formula is C14H16F3NO. The number of hydrogen-bond donors (Lipinski definition) is 1. The molecule has 0 unspecified atom stereocenters. The number of rotatable bonds is 4. The molecule has 1 saturated carbocycles. The maximum Gasteiger partial charge on any atom is 0.416 e. The fraction of sp³-hybridized carbons (Fsp3) is 0.500. The second-order valence-corrected chi connectivity index (χ2v) is 5.06. The minimum absolute atomic E-state index is 0.0550. The molecule has 0 bridgehead atoms. The molecule has 2 rings (SSSR count). The van der Waals surface area contributed by atoms with Crippen LogP contribution in [0.25, 0.3) is 0 Å². The topological polar surface area (TPSA) is 29.1 Å². The number of carbonyl (C=O) groups excluding carboxylic acids is 1. The highest BCUT2D eigenvalue weighted by Crippen LogP contribution is 2.37. The Hall–Kier alpha value is -1.52. The molecule has 104 valence electrons. The lowest BCUT2D eigenvalue weighted by molar-refractivity contribution is -0.137. The van der Waals surface area contributed by atoms with Crippen molar-refractivity contribution >= 4 is 5.91 Å². The summed E-state index contributed by atoms with van der Waals surface area (Å²) in [5.41, 5.74) is 0.143. The summed E-state index contributed by atoms with van der Waals surface area (Å²) >= 11 is 0. The summed E-state index contributed by atoms with van der Waals surface area (Å²) < 4.78 is 37.1. The monoisotopic (exact) mass is 271 g/mol. The Morgan fingerprint density at radius 2 is 1.89 bits per heavy atom. The maximum atomic E-state index is 12.4. The van der Waals surface area contributed by atoms with Gasteiger partial charge in [-0.1, -0.05) is 19.1 Å². The summed E-state index contributed by atoms with van der Waals surface area (Å²) in [6.45, 7) is 2.49. The van der Waals surface area contributed by atoms with Crippen LogP contribution in [-0.2, 0) is 17.4 Å². The zero-order valence-corrected chi connectivity index (χ0v) is 10.6. The van der Waals surface area contributed by atoms with Crippen molar-refractivity contribution in [3.05, 3.63) is 35.4 Å². The van der Waals surface area contributed by atoms with Crippen molar-refractivity contribution in [2.24, 2.45) is 11.8 Å². The second kappa shape index (κ2) is 5.23. The highest BCUT2D eigenvalue weighted by molar-refractivity contribution is 5.81. The molecule has 1 aromatic carbocycles. The fourth-order valence-corrected chi connectivity index (χ4v) is 2.01. The van der Waals surface area contributed by atoms with Crippen LogP contribution in [0.2, 0.25) is 0 Å². The van der Waals surface area contributed by atoms with Gasteiger partial charge in [0.25, 0.3) is 0 Å². The average Bonchev–Trinajstić information content (AvgIpc) is 3.06.